The number of nitrogens with one attached hydrogen (secondary N) is 1. The summed E-state index contributed by atoms with van der Waals surface area (Å²) in [5.41, 5.74) is 1.99. The van der Waals surface area contributed by atoms with Gasteiger partial charge in [0.15, 0.2) is 5.16 Å². The number of carbonyl (C=O) groups excluding carboxylic acids is 2. The minimum Gasteiger partial charge on any atom is -0.465 e. The second-order valence-corrected chi connectivity index (χ2v) is 7.46. The Morgan fingerprint density at radius 1 is 1.26 bits per heavy atom. The van der Waals surface area contributed by atoms with Gasteiger partial charge in [0.05, 0.1) is 12.9 Å². The minimum absolute atomic E-state index is 0.158. The Bertz CT molecular complexity index is 966. The van der Waals surface area contributed by atoms with Crippen LogP contribution in [0.15, 0.2) is 40.9 Å². The van der Waals surface area contributed by atoms with Crippen molar-refractivity contribution in [2.75, 3.05) is 18.2 Å². The van der Waals surface area contributed by atoms with Gasteiger partial charge in [0.25, 0.3) is 0 Å². The molecule has 1 amide bonds. The monoisotopic (exact) mass is 402 g/mol. The van der Waals surface area contributed by atoms with Gasteiger partial charge in [0, 0.05) is 18.0 Å². The van der Waals surface area contributed by atoms with E-state index in [-0.39, 0.29) is 11.7 Å². The van der Waals surface area contributed by atoms with Crippen molar-refractivity contribution in [2.24, 2.45) is 7.05 Å². The van der Waals surface area contributed by atoms with Crippen LogP contribution in [0.25, 0.3) is 11.1 Å². The quantitative estimate of drug-likeness (QED) is 0.503. The zero-order valence-corrected chi connectivity index (χ0v) is 16.7. The standard InChI is InChI=1S/C18H18N4O3S2/c1-11-20-21-18(22(11)2)27-10-14(23)19-16-15(17(24)25-3)13(9-26-16)12-7-5-4-6-8-12/h4-9H,10H2,1-3H3,(H,19,23). The largest absolute Gasteiger partial charge is 0.465 e. The Labute approximate surface area is 164 Å². The summed E-state index contributed by atoms with van der Waals surface area (Å²) in [5.74, 6) is 0.219. The molecular weight excluding hydrogens is 384 g/mol. The van der Waals surface area contributed by atoms with Crippen LogP contribution in [-0.4, -0.2) is 39.5 Å². The molecule has 0 atom stereocenters. The topological polar surface area (TPSA) is 86.1 Å². The predicted molar refractivity (Wildman–Crippen MR) is 106 cm³/mol. The number of esters is 1. The van der Waals surface area contributed by atoms with Crippen LogP contribution in [0.5, 0.6) is 0 Å². The number of carbonyl (C=O) groups is 2. The first-order valence-electron chi connectivity index (χ1n) is 8.05. The van der Waals surface area contributed by atoms with Crippen LogP contribution in [0.3, 0.4) is 0 Å². The zero-order valence-electron chi connectivity index (χ0n) is 15.1. The lowest BCUT2D eigenvalue weighted by Gasteiger charge is -2.08. The summed E-state index contributed by atoms with van der Waals surface area (Å²) in [6.45, 7) is 1.84. The lowest BCUT2D eigenvalue weighted by Crippen LogP contribution is -2.16. The number of methoxy groups -OCH3 is 1. The van der Waals surface area contributed by atoms with Gasteiger partial charge in [0.2, 0.25) is 5.91 Å². The van der Waals surface area contributed by atoms with E-state index >= 15 is 0 Å². The number of hydrogen-bond acceptors (Lipinski definition) is 7. The average Bonchev–Trinajstić information content (AvgIpc) is 3.24. The van der Waals surface area contributed by atoms with E-state index in [0.717, 1.165) is 17.0 Å². The summed E-state index contributed by atoms with van der Waals surface area (Å²) >= 11 is 2.58. The SMILES string of the molecule is COC(=O)c1c(-c2ccccc2)csc1NC(=O)CSc1nnc(C)n1C. The molecule has 0 aliphatic carbocycles. The van der Waals surface area contributed by atoms with Crippen molar-refractivity contribution < 1.29 is 14.3 Å². The number of aromatic nitrogens is 3. The number of amides is 1. The van der Waals surface area contributed by atoms with E-state index in [1.165, 1.54) is 30.2 Å². The number of thioether (sulfide) groups is 1. The van der Waals surface area contributed by atoms with Crippen molar-refractivity contribution >= 4 is 40.0 Å². The van der Waals surface area contributed by atoms with Gasteiger partial charge in [-0.05, 0) is 12.5 Å². The van der Waals surface area contributed by atoms with Gasteiger partial charge in [-0.15, -0.1) is 21.5 Å². The summed E-state index contributed by atoms with van der Waals surface area (Å²) in [6, 6.07) is 9.51. The van der Waals surface area contributed by atoms with Gasteiger partial charge >= 0.3 is 5.97 Å². The Hall–Kier alpha value is -2.65. The highest BCUT2D eigenvalue weighted by Gasteiger charge is 2.22. The highest BCUT2D eigenvalue weighted by atomic mass is 32.2. The maximum atomic E-state index is 12.4. The molecular formula is C18H18N4O3S2. The molecule has 140 valence electrons. The highest BCUT2D eigenvalue weighted by molar-refractivity contribution is 7.99. The third-order valence-corrected chi connectivity index (χ3v) is 5.82. The van der Waals surface area contributed by atoms with Crippen molar-refractivity contribution in [3.63, 3.8) is 0 Å². The van der Waals surface area contributed by atoms with Crippen LogP contribution in [0.2, 0.25) is 0 Å². The third kappa shape index (κ3) is 4.20. The Balaban J connectivity index is 1.78. The summed E-state index contributed by atoms with van der Waals surface area (Å²) in [4.78, 5) is 24.7. The Morgan fingerprint density at radius 2 is 2.00 bits per heavy atom. The van der Waals surface area contributed by atoms with Crippen molar-refractivity contribution in [3.8, 4) is 11.1 Å². The summed E-state index contributed by atoms with van der Waals surface area (Å²) < 4.78 is 6.73. The summed E-state index contributed by atoms with van der Waals surface area (Å²) in [5, 5.41) is 13.8. The number of rotatable bonds is 6. The molecule has 9 heteroatoms. The smallest absolute Gasteiger partial charge is 0.341 e. The van der Waals surface area contributed by atoms with Crippen LogP contribution < -0.4 is 5.32 Å². The first kappa shape index (κ1) is 19.1. The van der Waals surface area contributed by atoms with E-state index in [1.54, 1.807) is 0 Å². The maximum absolute atomic E-state index is 12.4. The van der Waals surface area contributed by atoms with Crippen molar-refractivity contribution in [3.05, 3.63) is 47.1 Å². The molecule has 2 aromatic heterocycles. The number of anilines is 1. The normalized spacial score (nSPS) is 10.6. The van der Waals surface area contributed by atoms with Gasteiger partial charge in [0.1, 0.15) is 16.4 Å². The van der Waals surface area contributed by atoms with E-state index in [2.05, 4.69) is 15.5 Å². The van der Waals surface area contributed by atoms with Crippen LogP contribution >= 0.6 is 23.1 Å². The van der Waals surface area contributed by atoms with Gasteiger partial charge in [-0.2, -0.15) is 0 Å². The Morgan fingerprint density at radius 3 is 2.63 bits per heavy atom. The first-order valence-corrected chi connectivity index (χ1v) is 9.91. The number of benzene rings is 1. The van der Waals surface area contributed by atoms with Crippen LogP contribution in [0.4, 0.5) is 5.00 Å². The van der Waals surface area contributed by atoms with E-state index in [1.807, 2.05) is 54.3 Å². The van der Waals surface area contributed by atoms with Crippen LogP contribution in [0, 0.1) is 6.92 Å². The molecule has 0 saturated heterocycles. The molecule has 0 saturated carbocycles. The molecule has 3 rings (SSSR count). The Kier molecular flexibility index (Phi) is 5.92. The fourth-order valence-corrected chi connectivity index (χ4v) is 4.12. The summed E-state index contributed by atoms with van der Waals surface area (Å²) in [6.07, 6.45) is 0. The molecule has 0 spiro atoms. The molecule has 2 heterocycles. The van der Waals surface area contributed by atoms with Crippen LogP contribution in [-0.2, 0) is 16.6 Å². The first-order chi connectivity index (χ1) is 13.0. The molecule has 27 heavy (non-hydrogen) atoms. The molecule has 0 aliphatic heterocycles. The number of thiophene rings is 1. The molecule has 0 fully saturated rings. The third-order valence-electron chi connectivity index (χ3n) is 3.90. The van der Waals surface area contributed by atoms with E-state index < -0.39 is 5.97 Å². The fraction of sp³-hybridized carbons (Fsp3) is 0.222. The second-order valence-electron chi connectivity index (χ2n) is 5.64. The molecule has 0 bridgehead atoms. The van der Waals surface area contributed by atoms with Gasteiger partial charge in [-0.25, -0.2) is 4.79 Å². The van der Waals surface area contributed by atoms with Crippen molar-refractivity contribution in [2.45, 2.75) is 12.1 Å². The predicted octanol–water partition coefficient (Wildman–Crippen LogP) is 3.37. The van der Waals surface area contributed by atoms with E-state index in [9.17, 15) is 9.59 Å². The average molecular weight is 403 g/mol. The van der Waals surface area contributed by atoms with Crippen molar-refractivity contribution in [1.82, 2.24) is 14.8 Å². The molecule has 1 N–H and O–H groups in total. The lowest BCUT2D eigenvalue weighted by molar-refractivity contribution is -0.113. The number of nitrogens with zero attached hydrogens (tertiary/aromatic N) is 3. The molecule has 0 aliphatic rings. The lowest BCUT2D eigenvalue weighted by atomic mass is 10.0. The van der Waals surface area contributed by atoms with Gasteiger partial charge < -0.3 is 14.6 Å². The van der Waals surface area contributed by atoms with Gasteiger partial charge in [-0.3, -0.25) is 4.79 Å². The molecule has 0 radical (unpaired) electrons. The maximum Gasteiger partial charge on any atom is 0.341 e. The molecule has 7 nitrogen and oxygen atoms in total. The summed E-state index contributed by atoms with van der Waals surface area (Å²) in [7, 11) is 3.17. The molecule has 0 unspecified atom stereocenters. The fourth-order valence-electron chi connectivity index (χ4n) is 2.39. The highest BCUT2D eigenvalue weighted by Crippen LogP contribution is 2.36. The number of ether oxygens (including phenoxy) is 1. The zero-order chi connectivity index (χ0) is 19.4. The number of aryl methyl sites for hydroxylation is 1. The number of hydrogen-bond donors (Lipinski definition) is 1. The van der Waals surface area contributed by atoms with Gasteiger partial charge in [-0.1, -0.05) is 42.1 Å². The molecule has 3 aromatic rings. The molecule has 1 aromatic carbocycles. The van der Waals surface area contributed by atoms with Crippen LogP contribution in [0.1, 0.15) is 16.2 Å². The second kappa shape index (κ2) is 8.36. The van der Waals surface area contributed by atoms with Crippen molar-refractivity contribution in [1.29, 1.82) is 0 Å². The van der Waals surface area contributed by atoms with E-state index in [0.29, 0.717) is 15.7 Å². The van der Waals surface area contributed by atoms with E-state index in [4.69, 9.17) is 4.74 Å². The minimum atomic E-state index is -0.484.